The van der Waals surface area contributed by atoms with Crippen molar-refractivity contribution in [2.24, 2.45) is 4.99 Å². The smallest absolute Gasteiger partial charge is 0.203 e. The summed E-state index contributed by atoms with van der Waals surface area (Å²) in [6.45, 7) is 0.459. The number of ether oxygens (including phenoxy) is 3. The molecule has 0 radical (unpaired) electrons. The molecule has 0 atom stereocenters. The van der Waals surface area contributed by atoms with Crippen LogP contribution >= 0.6 is 24.0 Å². The van der Waals surface area contributed by atoms with Gasteiger partial charge in [0.2, 0.25) is 5.75 Å². The molecule has 0 saturated carbocycles. The molecule has 0 amide bonds. The summed E-state index contributed by atoms with van der Waals surface area (Å²) in [6, 6.07) is 6.93. The minimum atomic E-state index is -0.494. The fraction of sp³-hybridized carbons (Fsp3) is 0.316. The molecular weight excluding hydrogens is 483 g/mol. The van der Waals surface area contributed by atoms with Gasteiger partial charge in [-0.05, 0) is 30.3 Å². The van der Waals surface area contributed by atoms with E-state index in [4.69, 9.17) is 14.2 Å². The summed E-state index contributed by atoms with van der Waals surface area (Å²) in [6.07, 6.45) is 0. The predicted octanol–water partition coefficient (Wildman–Crippen LogP) is 3.47. The summed E-state index contributed by atoms with van der Waals surface area (Å²) in [4.78, 5) is 4.08. The van der Waals surface area contributed by atoms with Gasteiger partial charge in [-0.15, -0.1) is 24.0 Å². The highest BCUT2D eigenvalue weighted by molar-refractivity contribution is 14.0. The number of methoxy groups -OCH3 is 3. The third-order valence-corrected chi connectivity index (χ3v) is 3.91. The van der Waals surface area contributed by atoms with Crippen molar-refractivity contribution in [3.05, 3.63) is 53.1 Å². The summed E-state index contributed by atoms with van der Waals surface area (Å²) >= 11 is 0. The number of guanidine groups is 1. The van der Waals surface area contributed by atoms with Crippen LogP contribution in [-0.2, 0) is 13.1 Å². The molecule has 6 nitrogen and oxygen atoms in total. The van der Waals surface area contributed by atoms with Gasteiger partial charge in [-0.3, -0.25) is 4.99 Å². The Balaban J connectivity index is 0.00000392. The summed E-state index contributed by atoms with van der Waals surface area (Å²) in [5.41, 5.74) is 1.02. The molecule has 9 heteroatoms. The number of aliphatic imine (C=N–C) groups is 1. The highest BCUT2D eigenvalue weighted by Crippen LogP contribution is 2.39. The fourth-order valence-corrected chi connectivity index (χ4v) is 2.56. The van der Waals surface area contributed by atoms with Crippen molar-refractivity contribution >= 4 is 29.9 Å². The lowest BCUT2D eigenvalue weighted by Gasteiger charge is -2.17. The van der Waals surface area contributed by atoms with Crippen LogP contribution in [0.3, 0.4) is 0 Å². The Kier molecular flexibility index (Phi) is 9.77. The van der Waals surface area contributed by atoms with Gasteiger partial charge in [0.25, 0.3) is 0 Å². The maximum atomic E-state index is 13.7. The quantitative estimate of drug-likeness (QED) is 0.342. The average Bonchev–Trinajstić information content (AvgIpc) is 2.69. The third-order valence-electron chi connectivity index (χ3n) is 3.91. The van der Waals surface area contributed by atoms with Gasteiger partial charge in [0.15, 0.2) is 17.5 Å². The van der Waals surface area contributed by atoms with Gasteiger partial charge in [0.1, 0.15) is 11.6 Å². The molecule has 154 valence electrons. The van der Waals surface area contributed by atoms with E-state index in [1.807, 2.05) is 6.07 Å². The summed E-state index contributed by atoms with van der Waals surface area (Å²) in [5, 5.41) is 6.05. The normalized spacial score (nSPS) is 10.7. The van der Waals surface area contributed by atoms with E-state index < -0.39 is 11.6 Å². The first-order valence-corrected chi connectivity index (χ1v) is 8.20. The maximum absolute atomic E-state index is 13.7. The van der Waals surface area contributed by atoms with E-state index in [9.17, 15) is 8.78 Å². The number of hydrogen-bond donors (Lipinski definition) is 2. The van der Waals surface area contributed by atoms with Crippen LogP contribution in [0.15, 0.2) is 35.3 Å². The molecule has 0 saturated heterocycles. The van der Waals surface area contributed by atoms with Crippen LogP contribution in [0.5, 0.6) is 17.2 Å². The molecule has 0 aliphatic carbocycles. The van der Waals surface area contributed by atoms with Crippen molar-refractivity contribution in [1.82, 2.24) is 10.6 Å². The Morgan fingerprint density at radius 2 is 1.54 bits per heavy atom. The zero-order valence-corrected chi connectivity index (χ0v) is 18.5. The lowest BCUT2D eigenvalue weighted by Crippen LogP contribution is -2.36. The van der Waals surface area contributed by atoms with Crippen LogP contribution < -0.4 is 24.8 Å². The molecule has 0 spiro atoms. The molecule has 0 aliphatic heterocycles. The number of nitrogens with zero attached hydrogens (tertiary/aromatic N) is 1. The maximum Gasteiger partial charge on any atom is 0.203 e. The second kappa shape index (κ2) is 11.5. The van der Waals surface area contributed by atoms with Crippen molar-refractivity contribution in [2.75, 3.05) is 28.4 Å². The fourth-order valence-electron chi connectivity index (χ4n) is 2.56. The Labute approximate surface area is 180 Å². The molecule has 0 bridgehead atoms. The van der Waals surface area contributed by atoms with E-state index in [-0.39, 0.29) is 36.1 Å². The van der Waals surface area contributed by atoms with Crippen molar-refractivity contribution in [3.63, 3.8) is 0 Å². The number of halogens is 3. The topological polar surface area (TPSA) is 64.1 Å². The molecule has 0 aliphatic rings. The first-order valence-electron chi connectivity index (χ1n) is 8.20. The van der Waals surface area contributed by atoms with Crippen molar-refractivity contribution < 1.29 is 23.0 Å². The molecule has 2 aromatic carbocycles. The second-order valence-electron chi connectivity index (χ2n) is 5.51. The predicted molar refractivity (Wildman–Crippen MR) is 115 cm³/mol. The lowest BCUT2D eigenvalue weighted by atomic mass is 10.1. The van der Waals surface area contributed by atoms with Crippen molar-refractivity contribution in [3.8, 4) is 17.2 Å². The molecule has 2 aromatic rings. The zero-order chi connectivity index (χ0) is 19.8. The van der Waals surface area contributed by atoms with Gasteiger partial charge in [-0.2, -0.15) is 0 Å². The molecule has 2 N–H and O–H groups in total. The monoisotopic (exact) mass is 507 g/mol. The number of rotatable bonds is 7. The highest BCUT2D eigenvalue weighted by atomic mass is 127. The number of benzene rings is 2. The zero-order valence-electron chi connectivity index (χ0n) is 16.1. The molecule has 0 fully saturated rings. The van der Waals surface area contributed by atoms with Crippen LogP contribution in [0.1, 0.15) is 11.1 Å². The molecule has 0 aromatic heterocycles. The molecule has 28 heavy (non-hydrogen) atoms. The van der Waals surface area contributed by atoms with Gasteiger partial charge in [0.05, 0.1) is 21.3 Å². The second-order valence-corrected chi connectivity index (χ2v) is 5.51. The molecule has 0 unspecified atom stereocenters. The number of nitrogens with one attached hydrogen (secondary N) is 2. The van der Waals surface area contributed by atoms with E-state index in [0.29, 0.717) is 29.8 Å². The Morgan fingerprint density at radius 1 is 0.893 bits per heavy atom. The van der Waals surface area contributed by atoms with Gasteiger partial charge in [0, 0.05) is 31.3 Å². The van der Waals surface area contributed by atoms with Crippen molar-refractivity contribution in [2.45, 2.75) is 13.1 Å². The summed E-state index contributed by atoms with van der Waals surface area (Å²) in [7, 11) is 6.21. The minimum absolute atomic E-state index is 0. The van der Waals surface area contributed by atoms with E-state index >= 15 is 0 Å². The van der Waals surface area contributed by atoms with Gasteiger partial charge in [-0.1, -0.05) is 0 Å². The average molecular weight is 507 g/mol. The molecule has 0 heterocycles. The Morgan fingerprint density at radius 3 is 2.11 bits per heavy atom. The van der Waals surface area contributed by atoms with E-state index in [1.165, 1.54) is 7.11 Å². The minimum Gasteiger partial charge on any atom is -0.493 e. The lowest BCUT2D eigenvalue weighted by molar-refractivity contribution is 0.322. The van der Waals surface area contributed by atoms with E-state index in [1.54, 1.807) is 27.3 Å². The van der Waals surface area contributed by atoms with Crippen molar-refractivity contribution in [1.29, 1.82) is 0 Å². The van der Waals surface area contributed by atoms with Crippen LogP contribution in [0.2, 0.25) is 0 Å². The highest BCUT2D eigenvalue weighted by Gasteiger charge is 2.16. The Bertz CT molecular complexity index is 819. The van der Waals surface area contributed by atoms with Crippen LogP contribution in [-0.4, -0.2) is 34.3 Å². The van der Waals surface area contributed by atoms with Gasteiger partial charge < -0.3 is 24.8 Å². The largest absolute Gasteiger partial charge is 0.493 e. The molecule has 2 rings (SSSR count). The van der Waals surface area contributed by atoms with E-state index in [0.717, 1.165) is 23.8 Å². The van der Waals surface area contributed by atoms with Crippen LogP contribution in [0, 0.1) is 11.6 Å². The van der Waals surface area contributed by atoms with Crippen LogP contribution in [0.25, 0.3) is 0 Å². The third kappa shape index (κ3) is 5.85. The van der Waals surface area contributed by atoms with Gasteiger partial charge >= 0.3 is 0 Å². The standard InChI is InChI=1S/C19H23F2N3O3.HI/c1-22-19(24-11-13-9-14(20)6-7-15(13)21)23-10-12-5-8-16(25-2)18(27-4)17(12)26-3;/h5-9H,10-11H2,1-4H3,(H2,22,23,24);1H. The first-order chi connectivity index (χ1) is 13.0. The van der Waals surface area contributed by atoms with E-state index in [2.05, 4.69) is 15.6 Å². The Hall–Kier alpha value is -2.30. The van der Waals surface area contributed by atoms with Gasteiger partial charge in [-0.25, -0.2) is 8.78 Å². The first kappa shape index (κ1) is 23.7. The summed E-state index contributed by atoms with van der Waals surface area (Å²) < 4.78 is 43.0. The SMILES string of the molecule is CN=C(NCc1cc(F)ccc1F)NCc1ccc(OC)c(OC)c1OC.I. The number of hydrogen-bond acceptors (Lipinski definition) is 4. The molecular formula is C19H24F2IN3O3. The van der Waals surface area contributed by atoms with Crippen LogP contribution in [0.4, 0.5) is 8.78 Å². The summed E-state index contributed by atoms with van der Waals surface area (Å²) in [5.74, 6) is 1.03.